The van der Waals surface area contributed by atoms with Crippen molar-refractivity contribution in [3.8, 4) is 0 Å². The van der Waals surface area contributed by atoms with Crippen molar-refractivity contribution in [2.45, 2.75) is 159 Å². The first-order chi connectivity index (χ1) is 23.0. The summed E-state index contributed by atoms with van der Waals surface area (Å²) in [5.74, 6) is 0.345. The summed E-state index contributed by atoms with van der Waals surface area (Å²) in [6, 6.07) is 0. The van der Waals surface area contributed by atoms with Crippen LogP contribution in [-0.4, -0.2) is 87.0 Å². The Morgan fingerprint density at radius 3 is 0.673 bits per heavy atom. The molecule has 10 heteroatoms. The average Bonchev–Trinajstić information content (AvgIpc) is 3.08. The number of nitrogens with zero attached hydrogens (tertiary/aromatic N) is 3. The molecule has 3 N–H and O–H groups in total. The van der Waals surface area contributed by atoms with Crippen LogP contribution in [0.5, 0.6) is 0 Å². The summed E-state index contributed by atoms with van der Waals surface area (Å²) < 4.78 is 0. The van der Waals surface area contributed by atoms with Gasteiger partial charge < -0.3 is 30.0 Å². The fourth-order valence-corrected chi connectivity index (χ4v) is 4.10. The number of carbonyl (C=O) groups is 3. The normalized spacial score (nSPS) is 11.3. The summed E-state index contributed by atoms with van der Waals surface area (Å²) in [7, 11) is 0. The monoisotopic (exact) mass is 738 g/mol. The van der Waals surface area contributed by atoms with E-state index in [0.717, 1.165) is 116 Å². The smallest absolute Gasteiger partial charge is 0.249 e. The van der Waals surface area contributed by atoms with Crippen LogP contribution in [0.2, 0.25) is 0 Å². The fraction of sp³-hybridized carbons (Fsp3) is 0.769. The molecule has 0 atom stereocenters. The van der Waals surface area contributed by atoms with Gasteiger partial charge in [0.1, 0.15) is 0 Å². The standard InChI is InChI=1S/3C13H25NO2.Fe/c3*1-4-7-9-14(10-8-5-2)13(16)11-12(15)6-3;/h3*11,15H,4-10H2,1-3H3;. The van der Waals surface area contributed by atoms with Crippen molar-refractivity contribution in [1.82, 2.24) is 14.7 Å². The van der Waals surface area contributed by atoms with Gasteiger partial charge in [-0.1, -0.05) is 101 Å². The first-order valence-electron chi connectivity index (χ1n) is 19.0. The molecule has 0 aliphatic carbocycles. The second-order valence-corrected chi connectivity index (χ2v) is 12.1. The van der Waals surface area contributed by atoms with Gasteiger partial charge in [0.2, 0.25) is 17.7 Å². The summed E-state index contributed by atoms with van der Waals surface area (Å²) in [6.07, 6.45) is 18.2. The topological polar surface area (TPSA) is 122 Å². The first kappa shape index (κ1) is 53.3. The summed E-state index contributed by atoms with van der Waals surface area (Å²) in [6.45, 7) is 22.9. The third-order valence-electron chi connectivity index (χ3n) is 7.58. The Morgan fingerprint density at radius 2 is 0.551 bits per heavy atom. The zero-order valence-electron chi connectivity index (χ0n) is 32.8. The molecule has 0 aromatic heterocycles. The second kappa shape index (κ2) is 38.4. The van der Waals surface area contributed by atoms with Gasteiger partial charge in [0.25, 0.3) is 0 Å². The molecule has 0 spiro atoms. The molecule has 0 aliphatic rings. The number of aliphatic hydroxyl groups is 3. The SMILES string of the molecule is CCCCN(CCCC)C(=O)C=C(O)CC.CCCCN(CCCC)C(=O)C=C(O)CC.CCCCN(CCCC)C(=O)C=C(O)CC.[Fe]. The zero-order chi connectivity index (χ0) is 37.2. The van der Waals surface area contributed by atoms with E-state index in [-0.39, 0.29) is 52.1 Å². The van der Waals surface area contributed by atoms with Gasteiger partial charge in [-0.05, 0) is 38.5 Å². The summed E-state index contributed by atoms with van der Waals surface area (Å²) in [5, 5.41) is 28.0. The van der Waals surface area contributed by atoms with E-state index in [1.807, 2.05) is 35.5 Å². The number of aliphatic hydroxyl groups excluding tert-OH is 3. The number of hydrogen-bond donors (Lipinski definition) is 3. The Morgan fingerprint density at radius 1 is 0.388 bits per heavy atom. The maximum absolute atomic E-state index is 11.8. The number of carbonyl (C=O) groups excluding carboxylic acids is 3. The predicted molar refractivity (Wildman–Crippen MR) is 202 cm³/mol. The van der Waals surface area contributed by atoms with Crippen LogP contribution < -0.4 is 0 Å². The average molecular weight is 738 g/mol. The molecule has 49 heavy (non-hydrogen) atoms. The minimum Gasteiger partial charge on any atom is -0.512 e. The predicted octanol–water partition coefficient (Wildman–Crippen LogP) is 9.80. The second-order valence-electron chi connectivity index (χ2n) is 12.1. The van der Waals surface area contributed by atoms with Gasteiger partial charge in [-0.3, -0.25) is 14.4 Å². The van der Waals surface area contributed by atoms with Crippen LogP contribution in [0, 0.1) is 0 Å². The molecule has 0 aliphatic heterocycles. The Labute approximate surface area is 311 Å². The van der Waals surface area contributed by atoms with E-state index in [4.69, 9.17) is 0 Å². The van der Waals surface area contributed by atoms with Crippen molar-refractivity contribution in [2.24, 2.45) is 0 Å². The molecule has 0 rings (SSSR count). The minimum atomic E-state index is -0.0544. The van der Waals surface area contributed by atoms with Crippen LogP contribution in [0.15, 0.2) is 35.5 Å². The third-order valence-corrected chi connectivity index (χ3v) is 7.58. The van der Waals surface area contributed by atoms with Crippen molar-refractivity contribution in [1.29, 1.82) is 0 Å². The molecule has 0 aromatic carbocycles. The van der Waals surface area contributed by atoms with Gasteiger partial charge in [0, 0.05) is 93.8 Å². The minimum absolute atomic E-state index is 0. The maximum atomic E-state index is 11.8. The largest absolute Gasteiger partial charge is 0.512 e. The molecule has 0 saturated heterocycles. The Hall–Kier alpha value is -2.45. The third kappa shape index (κ3) is 32.5. The Bertz CT molecular complexity index is 769. The van der Waals surface area contributed by atoms with Gasteiger partial charge in [0.15, 0.2) is 0 Å². The molecule has 0 unspecified atom stereocenters. The van der Waals surface area contributed by atoms with Gasteiger partial charge in [-0.2, -0.15) is 0 Å². The number of hydrogen-bond acceptors (Lipinski definition) is 6. The molecule has 0 aromatic rings. The summed E-state index contributed by atoms with van der Waals surface area (Å²) in [4.78, 5) is 40.9. The number of rotatable bonds is 24. The van der Waals surface area contributed by atoms with E-state index in [2.05, 4.69) is 41.5 Å². The fourth-order valence-electron chi connectivity index (χ4n) is 4.10. The molecule has 0 heterocycles. The van der Waals surface area contributed by atoms with Gasteiger partial charge in [-0.15, -0.1) is 0 Å². The van der Waals surface area contributed by atoms with Gasteiger partial charge in [0.05, 0.1) is 17.3 Å². The van der Waals surface area contributed by atoms with Crippen LogP contribution in [0.4, 0.5) is 0 Å². The summed E-state index contributed by atoms with van der Waals surface area (Å²) >= 11 is 0. The molecule has 0 saturated carbocycles. The molecular formula is C39H75FeN3O6. The molecule has 290 valence electrons. The number of unbranched alkanes of at least 4 members (excludes halogenated alkanes) is 6. The summed E-state index contributed by atoms with van der Waals surface area (Å²) in [5.41, 5.74) is 0. The number of amides is 3. The first-order valence-corrected chi connectivity index (χ1v) is 19.0. The van der Waals surface area contributed by atoms with E-state index in [9.17, 15) is 29.7 Å². The molecule has 0 radical (unpaired) electrons. The van der Waals surface area contributed by atoms with Gasteiger partial charge >= 0.3 is 0 Å². The van der Waals surface area contributed by atoms with Crippen LogP contribution in [0.3, 0.4) is 0 Å². The molecule has 0 fully saturated rings. The van der Waals surface area contributed by atoms with Crippen LogP contribution in [-0.2, 0) is 31.5 Å². The van der Waals surface area contributed by atoms with Gasteiger partial charge in [-0.25, -0.2) is 0 Å². The maximum Gasteiger partial charge on any atom is 0.249 e. The molecular weight excluding hydrogens is 662 g/mol. The van der Waals surface area contributed by atoms with E-state index in [1.165, 1.54) is 18.2 Å². The van der Waals surface area contributed by atoms with Crippen molar-refractivity contribution < 1.29 is 46.8 Å². The molecule has 9 nitrogen and oxygen atoms in total. The van der Waals surface area contributed by atoms with Crippen molar-refractivity contribution >= 4 is 17.7 Å². The Kier molecular flexibility index (Phi) is 41.8. The zero-order valence-corrected chi connectivity index (χ0v) is 33.9. The van der Waals surface area contributed by atoms with Crippen LogP contribution >= 0.6 is 0 Å². The van der Waals surface area contributed by atoms with Crippen LogP contribution in [0.25, 0.3) is 0 Å². The van der Waals surface area contributed by atoms with E-state index < -0.39 is 0 Å². The van der Waals surface area contributed by atoms with E-state index in [0.29, 0.717) is 19.3 Å². The van der Waals surface area contributed by atoms with Crippen LogP contribution in [0.1, 0.15) is 159 Å². The van der Waals surface area contributed by atoms with Crippen molar-refractivity contribution in [3.05, 3.63) is 35.5 Å². The van der Waals surface area contributed by atoms with Crippen molar-refractivity contribution in [3.63, 3.8) is 0 Å². The van der Waals surface area contributed by atoms with E-state index >= 15 is 0 Å². The molecule has 0 bridgehead atoms. The van der Waals surface area contributed by atoms with Crippen molar-refractivity contribution in [2.75, 3.05) is 39.3 Å². The molecule has 3 amide bonds. The number of allylic oxidation sites excluding steroid dienone is 3. The van der Waals surface area contributed by atoms with E-state index in [1.54, 1.807) is 0 Å². The Balaban J connectivity index is -0.000000307. The quantitative estimate of drug-likeness (QED) is 0.0515.